The fourth-order valence-corrected chi connectivity index (χ4v) is 1.71. The number of nitrogens with two attached hydrogens (primary N) is 1. The Morgan fingerprint density at radius 1 is 1.43 bits per heavy atom. The van der Waals surface area contributed by atoms with E-state index >= 15 is 0 Å². The van der Waals surface area contributed by atoms with Crippen molar-refractivity contribution >= 4 is 17.6 Å². The van der Waals surface area contributed by atoms with Gasteiger partial charge in [-0.15, -0.1) is 0 Å². The van der Waals surface area contributed by atoms with Crippen molar-refractivity contribution < 1.29 is 19.1 Å². The van der Waals surface area contributed by atoms with Gasteiger partial charge in [0.1, 0.15) is 11.5 Å². The Labute approximate surface area is 119 Å². The van der Waals surface area contributed by atoms with Gasteiger partial charge in [-0.1, -0.05) is 12.1 Å². The van der Waals surface area contributed by atoms with Crippen molar-refractivity contribution in [2.45, 2.75) is 12.5 Å². The average Bonchev–Trinajstić information content (AvgIpc) is 2.87. The first kappa shape index (κ1) is 14.7. The number of carbonyl (C=O) groups excluding carboxylic acids is 2. The fraction of sp³-hybridized carbons (Fsp3) is 0.154. The molecule has 2 amide bonds. The van der Waals surface area contributed by atoms with E-state index in [-0.39, 0.29) is 17.9 Å². The molecule has 0 spiro atoms. The number of nitrogens with one attached hydrogen (secondary N) is 2. The van der Waals surface area contributed by atoms with Gasteiger partial charge in [0.25, 0.3) is 5.91 Å². The number of H-pyrrole nitrogens is 1. The van der Waals surface area contributed by atoms with Gasteiger partial charge in [0.2, 0.25) is 5.91 Å². The van der Waals surface area contributed by atoms with Crippen molar-refractivity contribution in [3.8, 4) is 0 Å². The summed E-state index contributed by atoms with van der Waals surface area (Å²) in [5.74, 6) is -1.62. The maximum Gasteiger partial charge on any atom is 0.266 e. The van der Waals surface area contributed by atoms with Crippen LogP contribution >= 0.6 is 0 Å². The van der Waals surface area contributed by atoms with Gasteiger partial charge in [-0.25, -0.2) is 4.39 Å². The molecule has 0 saturated heterocycles. The normalized spacial score (nSPS) is 11.9. The van der Waals surface area contributed by atoms with Crippen LogP contribution < -0.4 is 11.1 Å². The number of hydrogen-bond acceptors (Lipinski definition) is 4. The minimum absolute atomic E-state index is 0.0518. The van der Waals surface area contributed by atoms with Gasteiger partial charge in [-0.2, -0.15) is 5.10 Å². The molecule has 1 unspecified atom stereocenters. The first-order valence-corrected chi connectivity index (χ1v) is 6.04. The number of hydrogen-bond donors (Lipinski definition) is 4. The zero-order valence-electron chi connectivity index (χ0n) is 10.8. The Bertz CT molecular complexity index is 671. The topological polar surface area (TPSA) is 121 Å². The van der Waals surface area contributed by atoms with E-state index in [2.05, 4.69) is 15.5 Å². The summed E-state index contributed by atoms with van der Waals surface area (Å²) in [4.78, 5) is 22.6. The molecule has 0 saturated carbocycles. The molecule has 2 rings (SSSR count). The van der Waals surface area contributed by atoms with Gasteiger partial charge in [-0.05, 0) is 17.7 Å². The van der Waals surface area contributed by atoms with Crippen molar-refractivity contribution in [1.29, 1.82) is 0 Å². The summed E-state index contributed by atoms with van der Waals surface area (Å²) < 4.78 is 13.0. The minimum atomic E-state index is -1.14. The molecule has 0 aliphatic carbocycles. The molecule has 0 aliphatic rings. The number of benzene rings is 1. The number of nitrogens with zero attached hydrogens (tertiary/aromatic N) is 1. The summed E-state index contributed by atoms with van der Waals surface area (Å²) >= 11 is 0. The summed E-state index contributed by atoms with van der Waals surface area (Å²) in [6.07, 6.45) is -1.42. The largest absolute Gasteiger partial charge is 0.388 e. The lowest BCUT2D eigenvalue weighted by atomic mass is 10.1. The summed E-state index contributed by atoms with van der Waals surface area (Å²) in [5, 5.41) is 18.3. The third-order valence-corrected chi connectivity index (χ3v) is 2.72. The third kappa shape index (κ3) is 3.86. The SMILES string of the molecule is NC(=O)c1cc(NC(=O)CC(O)c2cccc(F)c2)n[nH]1. The van der Waals surface area contributed by atoms with E-state index in [9.17, 15) is 19.1 Å². The number of rotatable bonds is 5. The molecular formula is C13H13FN4O3. The van der Waals surface area contributed by atoms with Crippen molar-refractivity contribution in [3.63, 3.8) is 0 Å². The Hall–Kier alpha value is -2.74. The number of primary amides is 1. The molecule has 0 bridgehead atoms. The number of carbonyl (C=O) groups is 2. The number of aliphatic hydroxyl groups excluding tert-OH is 1. The van der Waals surface area contributed by atoms with E-state index in [0.717, 1.165) is 6.07 Å². The number of aliphatic hydroxyl groups is 1. The zero-order valence-corrected chi connectivity index (χ0v) is 10.8. The van der Waals surface area contributed by atoms with Crippen molar-refractivity contribution in [2.75, 3.05) is 5.32 Å². The van der Waals surface area contributed by atoms with Crippen molar-refractivity contribution in [1.82, 2.24) is 10.2 Å². The van der Waals surface area contributed by atoms with Crippen LogP contribution in [0, 0.1) is 5.82 Å². The lowest BCUT2D eigenvalue weighted by molar-refractivity contribution is -0.118. The van der Waals surface area contributed by atoms with E-state index < -0.39 is 23.7 Å². The number of aromatic nitrogens is 2. The molecule has 5 N–H and O–H groups in total. The maximum atomic E-state index is 13.0. The van der Waals surface area contributed by atoms with Crippen LogP contribution in [0.1, 0.15) is 28.6 Å². The molecule has 2 aromatic rings. The Kier molecular flexibility index (Phi) is 4.29. The minimum Gasteiger partial charge on any atom is -0.388 e. The second-order valence-corrected chi connectivity index (χ2v) is 4.35. The monoisotopic (exact) mass is 292 g/mol. The van der Waals surface area contributed by atoms with Gasteiger partial charge in [0.05, 0.1) is 12.5 Å². The number of aromatic amines is 1. The third-order valence-electron chi connectivity index (χ3n) is 2.72. The molecule has 21 heavy (non-hydrogen) atoms. The standard InChI is InChI=1S/C13H13FN4O3/c14-8-3-1-2-7(4-8)10(19)6-12(20)16-11-5-9(13(15)21)17-18-11/h1-5,10,19H,6H2,(H2,15,21)(H2,16,17,18,20). The van der Waals surface area contributed by atoms with Gasteiger partial charge in [0, 0.05) is 6.07 Å². The Morgan fingerprint density at radius 2 is 2.19 bits per heavy atom. The summed E-state index contributed by atoms with van der Waals surface area (Å²) in [5.41, 5.74) is 5.38. The molecule has 110 valence electrons. The Morgan fingerprint density at radius 3 is 2.81 bits per heavy atom. The van der Waals surface area contributed by atoms with Gasteiger partial charge >= 0.3 is 0 Å². The van der Waals surface area contributed by atoms with Gasteiger partial charge < -0.3 is 16.2 Å². The van der Waals surface area contributed by atoms with Gasteiger partial charge in [0.15, 0.2) is 5.82 Å². The van der Waals surface area contributed by atoms with Crippen LogP contribution in [0.5, 0.6) is 0 Å². The fourth-order valence-electron chi connectivity index (χ4n) is 1.71. The molecular weight excluding hydrogens is 279 g/mol. The highest BCUT2D eigenvalue weighted by molar-refractivity contribution is 5.94. The average molecular weight is 292 g/mol. The number of halogens is 1. The first-order chi connectivity index (χ1) is 9.95. The van der Waals surface area contributed by atoms with Crippen molar-refractivity contribution in [3.05, 3.63) is 47.4 Å². The van der Waals surface area contributed by atoms with E-state index in [0.29, 0.717) is 5.56 Å². The molecule has 0 fully saturated rings. The molecule has 8 heteroatoms. The molecule has 1 aromatic carbocycles. The van der Waals surface area contributed by atoms with Gasteiger partial charge in [-0.3, -0.25) is 14.7 Å². The highest BCUT2D eigenvalue weighted by Gasteiger charge is 2.15. The first-order valence-electron chi connectivity index (χ1n) is 6.04. The summed E-state index contributed by atoms with van der Waals surface area (Å²) in [6, 6.07) is 6.62. The maximum absolute atomic E-state index is 13.0. The molecule has 1 aromatic heterocycles. The molecule has 7 nitrogen and oxygen atoms in total. The van der Waals surface area contributed by atoms with Crippen LogP contribution in [-0.2, 0) is 4.79 Å². The van der Waals surface area contributed by atoms with E-state index in [4.69, 9.17) is 5.73 Å². The van der Waals surface area contributed by atoms with Crippen LogP contribution in [0.25, 0.3) is 0 Å². The highest BCUT2D eigenvalue weighted by Crippen LogP contribution is 2.18. The van der Waals surface area contributed by atoms with E-state index in [1.165, 1.54) is 24.3 Å². The number of amides is 2. The Balaban J connectivity index is 1.96. The molecule has 0 aliphatic heterocycles. The summed E-state index contributed by atoms with van der Waals surface area (Å²) in [7, 11) is 0. The molecule has 0 radical (unpaired) electrons. The van der Waals surface area contributed by atoms with E-state index in [1.807, 2.05) is 0 Å². The molecule has 1 atom stereocenters. The van der Waals surface area contributed by atoms with Crippen LogP contribution in [0.2, 0.25) is 0 Å². The lowest BCUT2D eigenvalue weighted by Gasteiger charge is -2.10. The smallest absolute Gasteiger partial charge is 0.266 e. The predicted molar refractivity (Wildman–Crippen MR) is 71.7 cm³/mol. The lowest BCUT2D eigenvalue weighted by Crippen LogP contribution is -2.16. The second-order valence-electron chi connectivity index (χ2n) is 4.35. The second kappa shape index (κ2) is 6.14. The predicted octanol–water partition coefficient (Wildman–Crippen LogP) is 0.710. The highest BCUT2D eigenvalue weighted by atomic mass is 19.1. The quantitative estimate of drug-likeness (QED) is 0.648. The van der Waals surface area contributed by atoms with Crippen molar-refractivity contribution in [2.24, 2.45) is 5.73 Å². The van der Waals surface area contributed by atoms with Crippen LogP contribution in [0.3, 0.4) is 0 Å². The number of anilines is 1. The zero-order chi connectivity index (χ0) is 15.4. The van der Waals surface area contributed by atoms with Crippen LogP contribution in [0.4, 0.5) is 10.2 Å². The molecule has 1 heterocycles. The summed E-state index contributed by atoms with van der Waals surface area (Å²) in [6.45, 7) is 0. The van der Waals surface area contributed by atoms with Crippen LogP contribution in [0.15, 0.2) is 30.3 Å². The van der Waals surface area contributed by atoms with E-state index in [1.54, 1.807) is 0 Å². The van der Waals surface area contributed by atoms with Crippen LogP contribution in [-0.4, -0.2) is 27.1 Å².